The molecule has 4 heteroatoms. The van der Waals surface area contributed by atoms with E-state index in [0.717, 1.165) is 5.56 Å². The summed E-state index contributed by atoms with van der Waals surface area (Å²) in [6.45, 7) is 1.87. The topological polar surface area (TPSA) is 71.8 Å². The minimum atomic E-state index is -0.192. The highest BCUT2D eigenvalue weighted by molar-refractivity contribution is 5.91. The van der Waals surface area contributed by atoms with Gasteiger partial charge in [-0.1, -0.05) is 18.2 Å². The van der Waals surface area contributed by atoms with Gasteiger partial charge in [-0.3, -0.25) is 4.79 Å². The third-order valence-corrected chi connectivity index (χ3v) is 2.05. The van der Waals surface area contributed by atoms with Crippen LogP contribution in [-0.4, -0.2) is 10.2 Å². The van der Waals surface area contributed by atoms with Gasteiger partial charge in [-0.2, -0.15) is 5.10 Å². The van der Waals surface area contributed by atoms with Crippen LogP contribution in [-0.2, 0) is 0 Å². The van der Waals surface area contributed by atoms with E-state index in [1.54, 1.807) is 6.07 Å². The molecule has 3 N–H and O–H groups in total. The summed E-state index contributed by atoms with van der Waals surface area (Å²) >= 11 is 0. The van der Waals surface area contributed by atoms with Crippen molar-refractivity contribution in [3.63, 3.8) is 0 Å². The molecular weight excluding hydrogens is 166 g/mol. The van der Waals surface area contributed by atoms with Gasteiger partial charge in [0.25, 0.3) is 5.56 Å². The summed E-state index contributed by atoms with van der Waals surface area (Å²) in [5.74, 6) is 0.360. The zero-order valence-corrected chi connectivity index (χ0v) is 7.16. The average molecular weight is 175 g/mol. The maximum atomic E-state index is 11.4. The lowest BCUT2D eigenvalue weighted by Crippen LogP contribution is -2.11. The second-order valence-electron chi connectivity index (χ2n) is 2.94. The molecule has 2 aromatic rings. The zero-order valence-electron chi connectivity index (χ0n) is 7.16. The molecule has 0 aliphatic carbocycles. The number of hydrogen-bond donors (Lipinski definition) is 2. The highest BCUT2D eigenvalue weighted by Gasteiger charge is 2.04. The number of aromatic amines is 1. The van der Waals surface area contributed by atoms with Crippen LogP contribution in [0.1, 0.15) is 5.56 Å². The number of nitrogens with zero attached hydrogens (tertiary/aromatic N) is 1. The van der Waals surface area contributed by atoms with E-state index in [-0.39, 0.29) is 5.56 Å². The predicted molar refractivity (Wildman–Crippen MR) is 51.5 cm³/mol. The molecule has 1 heterocycles. The molecule has 2 rings (SSSR count). The molecule has 13 heavy (non-hydrogen) atoms. The van der Waals surface area contributed by atoms with Gasteiger partial charge in [0.15, 0.2) is 5.82 Å². The van der Waals surface area contributed by atoms with Gasteiger partial charge in [-0.25, -0.2) is 5.10 Å². The van der Waals surface area contributed by atoms with Crippen LogP contribution in [0, 0.1) is 6.92 Å². The maximum absolute atomic E-state index is 11.4. The van der Waals surface area contributed by atoms with Crippen LogP contribution in [0.4, 0.5) is 5.82 Å². The normalized spacial score (nSPS) is 10.5. The lowest BCUT2D eigenvalue weighted by molar-refractivity contribution is 1.02. The molecule has 0 saturated carbocycles. The van der Waals surface area contributed by atoms with Crippen LogP contribution < -0.4 is 11.3 Å². The third kappa shape index (κ3) is 1.07. The Morgan fingerprint density at radius 1 is 1.46 bits per heavy atom. The highest BCUT2D eigenvalue weighted by atomic mass is 16.1. The maximum Gasteiger partial charge on any atom is 0.272 e. The number of benzene rings is 1. The number of aromatic nitrogens is 2. The Balaban J connectivity index is 3.09. The van der Waals surface area contributed by atoms with Crippen molar-refractivity contribution in [2.45, 2.75) is 6.92 Å². The highest BCUT2D eigenvalue weighted by Crippen LogP contribution is 2.16. The molecule has 0 atom stereocenters. The molecule has 0 radical (unpaired) electrons. The fourth-order valence-corrected chi connectivity index (χ4v) is 1.41. The number of nitrogens with one attached hydrogen (secondary N) is 1. The second kappa shape index (κ2) is 2.58. The number of nitrogen functional groups attached to an aromatic ring is 1. The fourth-order valence-electron chi connectivity index (χ4n) is 1.41. The van der Waals surface area contributed by atoms with Crippen molar-refractivity contribution in [2.75, 3.05) is 5.73 Å². The zero-order chi connectivity index (χ0) is 9.42. The largest absolute Gasteiger partial charge is 0.382 e. The Hall–Kier alpha value is -1.84. The Kier molecular flexibility index (Phi) is 1.55. The second-order valence-corrected chi connectivity index (χ2v) is 2.94. The van der Waals surface area contributed by atoms with Gasteiger partial charge < -0.3 is 5.73 Å². The molecule has 0 spiro atoms. The first kappa shape index (κ1) is 7.79. The van der Waals surface area contributed by atoms with E-state index < -0.39 is 0 Å². The first-order valence-corrected chi connectivity index (χ1v) is 3.93. The Bertz CT molecular complexity index is 516. The summed E-state index contributed by atoms with van der Waals surface area (Å²) in [5, 5.41) is 7.37. The summed E-state index contributed by atoms with van der Waals surface area (Å²) in [6.07, 6.45) is 0. The van der Waals surface area contributed by atoms with E-state index in [2.05, 4.69) is 10.2 Å². The number of fused-ring (bicyclic) bond motifs is 1. The SMILES string of the molecule is Cc1cccc2c(N)n[nH]c(=O)c12. The molecule has 0 saturated heterocycles. The lowest BCUT2D eigenvalue weighted by Gasteiger charge is -2.01. The van der Waals surface area contributed by atoms with Gasteiger partial charge in [-0.15, -0.1) is 0 Å². The number of nitrogens with two attached hydrogens (primary N) is 1. The first-order chi connectivity index (χ1) is 6.20. The molecule has 0 aliphatic heterocycles. The van der Waals surface area contributed by atoms with Gasteiger partial charge in [0.1, 0.15) is 0 Å². The summed E-state index contributed by atoms with van der Waals surface area (Å²) < 4.78 is 0. The molecular formula is C9H9N3O. The summed E-state index contributed by atoms with van der Waals surface area (Å²) in [5.41, 5.74) is 6.33. The summed E-state index contributed by atoms with van der Waals surface area (Å²) in [4.78, 5) is 11.4. The minimum absolute atomic E-state index is 0.192. The lowest BCUT2D eigenvalue weighted by atomic mass is 10.1. The molecule has 1 aromatic heterocycles. The van der Waals surface area contributed by atoms with E-state index in [1.807, 2.05) is 19.1 Å². The van der Waals surface area contributed by atoms with Gasteiger partial charge >= 0.3 is 0 Å². The van der Waals surface area contributed by atoms with Crippen LogP contribution >= 0.6 is 0 Å². The number of hydrogen-bond acceptors (Lipinski definition) is 3. The van der Waals surface area contributed by atoms with Gasteiger partial charge in [-0.05, 0) is 12.5 Å². The number of aryl methyl sites for hydroxylation is 1. The number of rotatable bonds is 0. The van der Waals surface area contributed by atoms with E-state index in [1.165, 1.54) is 0 Å². The Labute approximate surface area is 74.4 Å². The van der Waals surface area contributed by atoms with Crippen molar-refractivity contribution < 1.29 is 0 Å². The van der Waals surface area contributed by atoms with Crippen molar-refractivity contribution in [3.8, 4) is 0 Å². The fraction of sp³-hybridized carbons (Fsp3) is 0.111. The van der Waals surface area contributed by atoms with E-state index in [0.29, 0.717) is 16.6 Å². The number of H-pyrrole nitrogens is 1. The average Bonchev–Trinajstić information content (AvgIpc) is 2.12. The first-order valence-electron chi connectivity index (χ1n) is 3.93. The van der Waals surface area contributed by atoms with Crippen molar-refractivity contribution >= 4 is 16.6 Å². The molecule has 0 aliphatic rings. The minimum Gasteiger partial charge on any atom is -0.382 e. The summed E-state index contributed by atoms with van der Waals surface area (Å²) in [7, 11) is 0. The van der Waals surface area contributed by atoms with Crippen molar-refractivity contribution in [1.82, 2.24) is 10.2 Å². The van der Waals surface area contributed by atoms with E-state index in [4.69, 9.17) is 5.73 Å². The van der Waals surface area contributed by atoms with Crippen LogP contribution in [0.2, 0.25) is 0 Å². The molecule has 0 amide bonds. The molecule has 4 nitrogen and oxygen atoms in total. The van der Waals surface area contributed by atoms with E-state index in [9.17, 15) is 4.79 Å². The molecule has 1 aromatic carbocycles. The van der Waals surface area contributed by atoms with E-state index >= 15 is 0 Å². The Morgan fingerprint density at radius 3 is 2.92 bits per heavy atom. The Morgan fingerprint density at radius 2 is 2.23 bits per heavy atom. The predicted octanol–water partition coefficient (Wildman–Crippen LogP) is 0.814. The molecule has 0 bridgehead atoms. The van der Waals surface area contributed by atoms with Crippen LogP contribution in [0.15, 0.2) is 23.0 Å². The van der Waals surface area contributed by atoms with Crippen LogP contribution in [0.5, 0.6) is 0 Å². The van der Waals surface area contributed by atoms with Gasteiger partial charge in [0.05, 0.1) is 5.39 Å². The van der Waals surface area contributed by atoms with Crippen molar-refractivity contribution in [3.05, 3.63) is 34.1 Å². The van der Waals surface area contributed by atoms with Gasteiger partial charge in [0, 0.05) is 5.39 Å². The third-order valence-electron chi connectivity index (χ3n) is 2.05. The van der Waals surface area contributed by atoms with Crippen molar-refractivity contribution in [1.29, 1.82) is 0 Å². The van der Waals surface area contributed by atoms with Crippen molar-refractivity contribution in [2.24, 2.45) is 0 Å². The molecule has 0 unspecified atom stereocenters. The molecule has 0 fully saturated rings. The quantitative estimate of drug-likeness (QED) is 0.622. The number of anilines is 1. The van der Waals surface area contributed by atoms with Gasteiger partial charge in [0.2, 0.25) is 0 Å². The monoisotopic (exact) mass is 175 g/mol. The smallest absolute Gasteiger partial charge is 0.272 e. The van der Waals surface area contributed by atoms with Crippen LogP contribution in [0.25, 0.3) is 10.8 Å². The summed E-state index contributed by atoms with van der Waals surface area (Å²) in [6, 6.07) is 5.52. The van der Waals surface area contributed by atoms with Crippen LogP contribution in [0.3, 0.4) is 0 Å². The molecule has 66 valence electrons. The standard InChI is InChI=1S/C9H9N3O/c1-5-3-2-4-6-7(5)9(13)12-11-8(6)10/h2-4H,1H3,(H2,10,11)(H,12,13).